The normalized spacial score (nSPS) is 36.5. The molecule has 0 aromatic heterocycles. The number of hydrogen-bond acceptors (Lipinski definition) is 0. The Hall–Kier alpha value is -0.520. The average Bonchev–Trinajstić information content (AvgIpc) is 2.73. The molecule has 13 heavy (non-hydrogen) atoms. The van der Waals surface area contributed by atoms with Crippen molar-refractivity contribution in [3.63, 3.8) is 0 Å². The lowest BCUT2D eigenvalue weighted by Gasteiger charge is -2.16. The molecule has 0 spiro atoms. The summed E-state index contributed by atoms with van der Waals surface area (Å²) in [6, 6.07) is 0. The second kappa shape index (κ2) is 4.13. The maximum Gasteiger partial charge on any atom is -0.0199 e. The van der Waals surface area contributed by atoms with Crippen LogP contribution in [0.5, 0.6) is 0 Å². The van der Waals surface area contributed by atoms with Crippen molar-refractivity contribution in [2.24, 2.45) is 17.8 Å². The van der Waals surface area contributed by atoms with Gasteiger partial charge in [-0.05, 0) is 49.9 Å². The SMILES string of the molecule is CCC=CCCC1CC2C=CC1C2. The third kappa shape index (κ3) is 2.04. The fraction of sp³-hybridized carbons (Fsp3) is 0.692. The lowest BCUT2D eigenvalue weighted by molar-refractivity contribution is 0.419. The smallest absolute Gasteiger partial charge is 0.0199 e. The molecule has 1 saturated carbocycles. The molecule has 0 heterocycles. The quantitative estimate of drug-likeness (QED) is 0.569. The van der Waals surface area contributed by atoms with Gasteiger partial charge in [0.2, 0.25) is 0 Å². The van der Waals surface area contributed by atoms with Gasteiger partial charge in [0, 0.05) is 0 Å². The van der Waals surface area contributed by atoms with Crippen LogP contribution in [0, 0.1) is 17.8 Å². The molecule has 2 bridgehead atoms. The molecule has 3 atom stereocenters. The monoisotopic (exact) mass is 176 g/mol. The van der Waals surface area contributed by atoms with Gasteiger partial charge in [-0.3, -0.25) is 0 Å². The highest BCUT2D eigenvalue weighted by molar-refractivity contribution is 5.10. The largest absolute Gasteiger partial charge is 0.0888 e. The van der Waals surface area contributed by atoms with E-state index < -0.39 is 0 Å². The van der Waals surface area contributed by atoms with Gasteiger partial charge in [-0.15, -0.1) is 0 Å². The molecule has 1 fully saturated rings. The molecule has 0 aliphatic heterocycles. The molecule has 0 saturated heterocycles. The van der Waals surface area contributed by atoms with Crippen LogP contribution in [-0.4, -0.2) is 0 Å². The van der Waals surface area contributed by atoms with E-state index in [-0.39, 0.29) is 0 Å². The fourth-order valence-electron chi connectivity index (χ4n) is 2.82. The second-order valence-electron chi connectivity index (χ2n) is 4.50. The maximum atomic E-state index is 2.46. The summed E-state index contributed by atoms with van der Waals surface area (Å²) in [5.41, 5.74) is 0. The highest BCUT2D eigenvalue weighted by atomic mass is 14.4. The lowest BCUT2D eigenvalue weighted by atomic mass is 9.89. The van der Waals surface area contributed by atoms with Crippen molar-refractivity contribution in [1.82, 2.24) is 0 Å². The van der Waals surface area contributed by atoms with Crippen LogP contribution in [0.2, 0.25) is 0 Å². The van der Waals surface area contributed by atoms with Crippen LogP contribution >= 0.6 is 0 Å². The van der Waals surface area contributed by atoms with E-state index in [1.165, 1.54) is 32.1 Å². The number of rotatable bonds is 4. The molecule has 3 unspecified atom stereocenters. The molecule has 0 aromatic carbocycles. The first kappa shape index (κ1) is 9.05. The molecule has 0 aromatic rings. The summed E-state index contributed by atoms with van der Waals surface area (Å²) in [5, 5.41) is 0. The Bertz CT molecular complexity index is 212. The van der Waals surface area contributed by atoms with E-state index in [2.05, 4.69) is 31.2 Å². The van der Waals surface area contributed by atoms with Gasteiger partial charge in [0.1, 0.15) is 0 Å². The first-order valence-corrected chi connectivity index (χ1v) is 5.73. The van der Waals surface area contributed by atoms with E-state index in [0.29, 0.717) is 0 Å². The molecule has 2 rings (SSSR count). The Labute approximate surface area is 81.7 Å². The molecule has 72 valence electrons. The van der Waals surface area contributed by atoms with Crippen molar-refractivity contribution in [2.75, 3.05) is 0 Å². The van der Waals surface area contributed by atoms with E-state index in [0.717, 1.165) is 17.8 Å². The predicted octanol–water partition coefficient (Wildman–Crippen LogP) is 3.95. The molecule has 0 amide bonds. The Morgan fingerprint density at radius 2 is 2.15 bits per heavy atom. The average molecular weight is 176 g/mol. The summed E-state index contributed by atoms with van der Waals surface area (Å²) in [5.74, 6) is 2.90. The second-order valence-corrected chi connectivity index (χ2v) is 4.50. The molecule has 0 nitrogen and oxygen atoms in total. The van der Waals surface area contributed by atoms with E-state index in [4.69, 9.17) is 0 Å². The first-order chi connectivity index (χ1) is 6.40. The number of fused-ring (bicyclic) bond motifs is 2. The Kier molecular flexibility index (Phi) is 2.87. The topological polar surface area (TPSA) is 0 Å². The van der Waals surface area contributed by atoms with Crippen LogP contribution in [0.1, 0.15) is 39.0 Å². The van der Waals surface area contributed by atoms with Gasteiger partial charge in [-0.2, -0.15) is 0 Å². The summed E-state index contributed by atoms with van der Waals surface area (Å²) >= 11 is 0. The van der Waals surface area contributed by atoms with Crippen molar-refractivity contribution < 1.29 is 0 Å². The summed E-state index contributed by atoms with van der Waals surface area (Å²) in [4.78, 5) is 0. The number of allylic oxidation sites excluding steroid dienone is 4. The van der Waals surface area contributed by atoms with Crippen LogP contribution in [0.3, 0.4) is 0 Å². The van der Waals surface area contributed by atoms with E-state index in [9.17, 15) is 0 Å². The minimum absolute atomic E-state index is 0.944. The highest BCUT2D eigenvalue weighted by Crippen LogP contribution is 2.45. The van der Waals surface area contributed by atoms with Gasteiger partial charge in [0.15, 0.2) is 0 Å². The summed E-state index contributed by atoms with van der Waals surface area (Å²) in [6.45, 7) is 2.21. The molecular formula is C13H20. The van der Waals surface area contributed by atoms with Crippen LogP contribution in [-0.2, 0) is 0 Å². The van der Waals surface area contributed by atoms with Gasteiger partial charge < -0.3 is 0 Å². The number of hydrogen-bond donors (Lipinski definition) is 0. The third-order valence-electron chi connectivity index (χ3n) is 3.52. The van der Waals surface area contributed by atoms with Gasteiger partial charge in [0.25, 0.3) is 0 Å². The van der Waals surface area contributed by atoms with Crippen LogP contribution in [0.25, 0.3) is 0 Å². The van der Waals surface area contributed by atoms with Crippen LogP contribution < -0.4 is 0 Å². The highest BCUT2D eigenvalue weighted by Gasteiger charge is 2.34. The summed E-state index contributed by atoms with van der Waals surface area (Å²) < 4.78 is 0. The standard InChI is InChI=1S/C13H20/c1-2-3-4-5-6-12-9-11-7-8-13(12)10-11/h3-4,7-8,11-13H,2,5-6,9-10H2,1H3. The zero-order valence-electron chi connectivity index (χ0n) is 8.58. The van der Waals surface area contributed by atoms with Crippen molar-refractivity contribution in [3.05, 3.63) is 24.3 Å². The van der Waals surface area contributed by atoms with E-state index in [1.54, 1.807) is 0 Å². The van der Waals surface area contributed by atoms with Crippen LogP contribution in [0.4, 0.5) is 0 Å². The summed E-state index contributed by atoms with van der Waals surface area (Å²) in [6.07, 6.45) is 16.4. The molecule has 2 aliphatic rings. The van der Waals surface area contributed by atoms with E-state index in [1.807, 2.05) is 0 Å². The van der Waals surface area contributed by atoms with Gasteiger partial charge in [-0.1, -0.05) is 31.2 Å². The first-order valence-electron chi connectivity index (χ1n) is 5.73. The Morgan fingerprint density at radius 3 is 2.77 bits per heavy atom. The van der Waals surface area contributed by atoms with Crippen LogP contribution in [0.15, 0.2) is 24.3 Å². The Morgan fingerprint density at radius 1 is 1.23 bits per heavy atom. The predicted molar refractivity (Wildman–Crippen MR) is 57.5 cm³/mol. The van der Waals surface area contributed by atoms with E-state index >= 15 is 0 Å². The zero-order chi connectivity index (χ0) is 9.10. The maximum absolute atomic E-state index is 2.46. The molecule has 0 radical (unpaired) electrons. The minimum atomic E-state index is 0.944. The van der Waals surface area contributed by atoms with Crippen molar-refractivity contribution in [1.29, 1.82) is 0 Å². The third-order valence-corrected chi connectivity index (χ3v) is 3.52. The van der Waals surface area contributed by atoms with Crippen molar-refractivity contribution in [3.8, 4) is 0 Å². The van der Waals surface area contributed by atoms with Crippen molar-refractivity contribution >= 4 is 0 Å². The molecule has 0 N–H and O–H groups in total. The van der Waals surface area contributed by atoms with Gasteiger partial charge in [-0.25, -0.2) is 0 Å². The zero-order valence-corrected chi connectivity index (χ0v) is 8.58. The molecular weight excluding hydrogens is 156 g/mol. The van der Waals surface area contributed by atoms with Gasteiger partial charge >= 0.3 is 0 Å². The van der Waals surface area contributed by atoms with Gasteiger partial charge in [0.05, 0.1) is 0 Å². The van der Waals surface area contributed by atoms with Crippen molar-refractivity contribution in [2.45, 2.75) is 39.0 Å². The minimum Gasteiger partial charge on any atom is -0.0888 e. The summed E-state index contributed by atoms with van der Waals surface area (Å²) in [7, 11) is 0. The molecule has 2 aliphatic carbocycles. The fourth-order valence-corrected chi connectivity index (χ4v) is 2.82. The molecule has 0 heteroatoms. The Balaban J connectivity index is 1.72. The lowest BCUT2D eigenvalue weighted by Crippen LogP contribution is -2.05.